The van der Waals surface area contributed by atoms with Crippen LogP contribution in [0.4, 0.5) is 0 Å². The number of hydrogen-bond donors (Lipinski definition) is 1. The molecule has 0 aromatic carbocycles. The summed E-state index contributed by atoms with van der Waals surface area (Å²) < 4.78 is 2.24. The minimum absolute atomic E-state index is 0.561. The van der Waals surface area contributed by atoms with Crippen molar-refractivity contribution in [3.8, 4) is 0 Å². The van der Waals surface area contributed by atoms with Crippen molar-refractivity contribution in [3.63, 3.8) is 0 Å². The number of nitrogens with one attached hydrogen (secondary N) is 1. The van der Waals surface area contributed by atoms with E-state index >= 15 is 0 Å². The van der Waals surface area contributed by atoms with Gasteiger partial charge in [-0.3, -0.25) is 0 Å². The quantitative estimate of drug-likeness (QED) is 0.774. The molecule has 1 unspecified atom stereocenters. The van der Waals surface area contributed by atoms with Crippen LogP contribution in [0.15, 0.2) is 12.4 Å². The third kappa shape index (κ3) is 2.81. The highest BCUT2D eigenvalue weighted by molar-refractivity contribution is 4.99. The fourth-order valence-electron chi connectivity index (χ4n) is 1.94. The Bertz CT molecular complexity index is 302. The molecule has 15 heavy (non-hydrogen) atoms. The first-order valence-corrected chi connectivity index (χ1v) is 6.05. The van der Waals surface area contributed by atoms with E-state index < -0.39 is 0 Å². The van der Waals surface area contributed by atoms with Gasteiger partial charge in [-0.2, -0.15) is 0 Å². The van der Waals surface area contributed by atoms with Crippen molar-refractivity contribution in [3.05, 3.63) is 18.2 Å². The molecule has 1 fully saturated rings. The van der Waals surface area contributed by atoms with E-state index in [2.05, 4.69) is 34.9 Å². The second-order valence-electron chi connectivity index (χ2n) is 4.49. The average Bonchev–Trinajstić information content (AvgIpc) is 2.94. The predicted molar refractivity (Wildman–Crippen MR) is 62.0 cm³/mol. The summed E-state index contributed by atoms with van der Waals surface area (Å²) in [7, 11) is 0. The monoisotopic (exact) mass is 207 g/mol. The Kier molecular flexibility index (Phi) is 3.41. The SMILES string of the molecule is CCn1ccnc1C(C)CCNC1CC1. The first-order valence-electron chi connectivity index (χ1n) is 6.05. The molecule has 3 heteroatoms. The molecule has 1 saturated carbocycles. The maximum Gasteiger partial charge on any atom is 0.111 e. The summed E-state index contributed by atoms with van der Waals surface area (Å²) in [6.45, 7) is 6.58. The number of aryl methyl sites for hydroxylation is 1. The number of aromatic nitrogens is 2. The highest BCUT2D eigenvalue weighted by Crippen LogP contribution is 2.20. The third-order valence-corrected chi connectivity index (χ3v) is 3.12. The molecule has 3 nitrogen and oxygen atoms in total. The second-order valence-corrected chi connectivity index (χ2v) is 4.49. The summed E-state index contributed by atoms with van der Waals surface area (Å²) in [5, 5.41) is 3.55. The third-order valence-electron chi connectivity index (χ3n) is 3.12. The van der Waals surface area contributed by atoms with Gasteiger partial charge in [0.05, 0.1) is 0 Å². The van der Waals surface area contributed by atoms with Crippen molar-refractivity contribution in [1.29, 1.82) is 0 Å². The summed E-state index contributed by atoms with van der Waals surface area (Å²) in [4.78, 5) is 4.44. The first-order chi connectivity index (χ1) is 7.31. The van der Waals surface area contributed by atoms with Gasteiger partial charge in [-0.1, -0.05) is 6.92 Å². The Morgan fingerprint density at radius 2 is 2.40 bits per heavy atom. The van der Waals surface area contributed by atoms with E-state index in [1.165, 1.54) is 25.1 Å². The van der Waals surface area contributed by atoms with Crippen LogP contribution in [0, 0.1) is 0 Å². The molecule has 1 N–H and O–H groups in total. The molecule has 0 amide bonds. The van der Waals surface area contributed by atoms with E-state index in [9.17, 15) is 0 Å². The van der Waals surface area contributed by atoms with E-state index in [1.54, 1.807) is 0 Å². The normalized spacial score (nSPS) is 18.0. The lowest BCUT2D eigenvalue weighted by Crippen LogP contribution is -2.20. The molecule has 0 aliphatic heterocycles. The molecule has 0 spiro atoms. The van der Waals surface area contributed by atoms with Crippen LogP contribution in [0.1, 0.15) is 44.9 Å². The fraction of sp³-hybridized carbons (Fsp3) is 0.750. The largest absolute Gasteiger partial charge is 0.335 e. The van der Waals surface area contributed by atoms with E-state index in [0.717, 1.165) is 19.1 Å². The summed E-state index contributed by atoms with van der Waals surface area (Å²) in [5.41, 5.74) is 0. The molecule has 1 heterocycles. The summed E-state index contributed by atoms with van der Waals surface area (Å²) >= 11 is 0. The van der Waals surface area contributed by atoms with Crippen LogP contribution in [0.5, 0.6) is 0 Å². The van der Waals surface area contributed by atoms with E-state index in [-0.39, 0.29) is 0 Å². The summed E-state index contributed by atoms with van der Waals surface area (Å²) in [6, 6.07) is 0.822. The molecular formula is C12H21N3. The van der Waals surface area contributed by atoms with Crippen LogP contribution in [-0.2, 0) is 6.54 Å². The predicted octanol–water partition coefficient (Wildman–Crippen LogP) is 2.15. The first kappa shape index (κ1) is 10.7. The smallest absolute Gasteiger partial charge is 0.111 e. The number of nitrogens with zero attached hydrogens (tertiary/aromatic N) is 2. The molecule has 0 saturated heterocycles. The zero-order valence-electron chi connectivity index (χ0n) is 9.74. The zero-order chi connectivity index (χ0) is 10.7. The van der Waals surface area contributed by atoms with Crippen molar-refractivity contribution in [2.45, 2.75) is 51.6 Å². The van der Waals surface area contributed by atoms with Gasteiger partial charge in [0.2, 0.25) is 0 Å². The van der Waals surface area contributed by atoms with Crippen molar-refractivity contribution < 1.29 is 0 Å². The molecule has 1 atom stereocenters. The van der Waals surface area contributed by atoms with E-state index in [1.807, 2.05) is 6.20 Å². The molecular weight excluding hydrogens is 186 g/mol. The van der Waals surface area contributed by atoms with Gasteiger partial charge in [0.15, 0.2) is 0 Å². The topological polar surface area (TPSA) is 29.9 Å². The molecule has 84 valence electrons. The van der Waals surface area contributed by atoms with E-state index in [4.69, 9.17) is 0 Å². The minimum Gasteiger partial charge on any atom is -0.335 e. The van der Waals surface area contributed by atoms with Crippen LogP contribution in [0.2, 0.25) is 0 Å². The number of rotatable bonds is 6. The number of hydrogen-bond acceptors (Lipinski definition) is 2. The molecule has 0 bridgehead atoms. The van der Waals surface area contributed by atoms with Crippen LogP contribution < -0.4 is 5.32 Å². The summed E-state index contributed by atoms with van der Waals surface area (Å²) in [6.07, 6.45) is 7.91. The van der Waals surface area contributed by atoms with Gasteiger partial charge in [-0.05, 0) is 32.7 Å². The summed E-state index contributed by atoms with van der Waals surface area (Å²) in [5.74, 6) is 1.79. The van der Waals surface area contributed by atoms with Crippen molar-refractivity contribution in [2.24, 2.45) is 0 Å². The Morgan fingerprint density at radius 3 is 3.07 bits per heavy atom. The highest BCUT2D eigenvalue weighted by Gasteiger charge is 2.20. The lowest BCUT2D eigenvalue weighted by atomic mass is 10.1. The van der Waals surface area contributed by atoms with Crippen molar-refractivity contribution >= 4 is 0 Å². The molecule has 1 aliphatic rings. The van der Waals surface area contributed by atoms with Gasteiger partial charge in [0.1, 0.15) is 5.82 Å². The molecule has 2 rings (SSSR count). The highest BCUT2D eigenvalue weighted by atomic mass is 15.1. The van der Waals surface area contributed by atoms with Gasteiger partial charge in [0, 0.05) is 30.9 Å². The van der Waals surface area contributed by atoms with Crippen molar-refractivity contribution in [2.75, 3.05) is 6.54 Å². The average molecular weight is 207 g/mol. The van der Waals surface area contributed by atoms with Crippen LogP contribution in [0.3, 0.4) is 0 Å². The van der Waals surface area contributed by atoms with Crippen LogP contribution >= 0.6 is 0 Å². The van der Waals surface area contributed by atoms with Gasteiger partial charge in [-0.25, -0.2) is 4.98 Å². The van der Waals surface area contributed by atoms with Crippen LogP contribution in [-0.4, -0.2) is 22.1 Å². The molecule has 0 radical (unpaired) electrons. The van der Waals surface area contributed by atoms with Crippen molar-refractivity contribution in [1.82, 2.24) is 14.9 Å². The maximum atomic E-state index is 4.44. The Morgan fingerprint density at radius 1 is 1.60 bits per heavy atom. The fourth-order valence-corrected chi connectivity index (χ4v) is 1.94. The minimum atomic E-state index is 0.561. The zero-order valence-corrected chi connectivity index (χ0v) is 9.74. The van der Waals surface area contributed by atoms with Crippen LogP contribution in [0.25, 0.3) is 0 Å². The number of imidazole rings is 1. The van der Waals surface area contributed by atoms with Gasteiger partial charge in [-0.15, -0.1) is 0 Å². The second kappa shape index (κ2) is 4.79. The van der Waals surface area contributed by atoms with E-state index in [0.29, 0.717) is 5.92 Å². The maximum absolute atomic E-state index is 4.44. The standard InChI is InChI=1S/C12H21N3/c1-3-15-9-8-14-12(15)10(2)6-7-13-11-4-5-11/h8-11,13H,3-7H2,1-2H3. The van der Waals surface area contributed by atoms with Gasteiger partial charge < -0.3 is 9.88 Å². The molecule has 1 aliphatic carbocycles. The molecule has 1 aromatic rings. The Hall–Kier alpha value is -0.830. The molecule has 1 aromatic heterocycles. The van der Waals surface area contributed by atoms with Gasteiger partial charge >= 0.3 is 0 Å². The lowest BCUT2D eigenvalue weighted by Gasteiger charge is -2.13. The lowest BCUT2D eigenvalue weighted by molar-refractivity contribution is 0.548. The Balaban J connectivity index is 1.80. The Labute approximate surface area is 91.9 Å². The van der Waals surface area contributed by atoms with Gasteiger partial charge in [0.25, 0.3) is 0 Å².